The van der Waals surface area contributed by atoms with E-state index in [2.05, 4.69) is 15.4 Å². The molecule has 1 aromatic heterocycles. The lowest BCUT2D eigenvalue weighted by Gasteiger charge is -2.31. The largest absolute Gasteiger partial charge is 0.495 e. The van der Waals surface area contributed by atoms with Gasteiger partial charge in [-0.2, -0.15) is 0 Å². The first-order valence-electron chi connectivity index (χ1n) is 10.1. The van der Waals surface area contributed by atoms with E-state index in [0.717, 1.165) is 31.0 Å². The molecule has 8 heteroatoms. The molecular formula is C23H23F2N3O3. The van der Waals surface area contributed by atoms with Crippen LogP contribution in [0.15, 0.2) is 53.1 Å². The molecule has 0 aliphatic carbocycles. The second-order valence-electron chi connectivity index (χ2n) is 7.59. The molecule has 1 aliphatic rings. The minimum absolute atomic E-state index is 0.0932. The molecule has 0 saturated carbocycles. The van der Waals surface area contributed by atoms with Gasteiger partial charge in [-0.15, -0.1) is 0 Å². The van der Waals surface area contributed by atoms with Crippen molar-refractivity contribution in [2.24, 2.45) is 0 Å². The van der Waals surface area contributed by atoms with Crippen LogP contribution in [0.5, 0.6) is 5.75 Å². The first-order valence-corrected chi connectivity index (χ1v) is 10.1. The van der Waals surface area contributed by atoms with Crippen LogP contribution in [0.2, 0.25) is 0 Å². The monoisotopic (exact) mass is 427 g/mol. The molecule has 3 aromatic rings. The standard InChI is InChI=1S/C23H23F2N3O3/c1-30-21-7-3-2-6-19(21)26-23(29)22-12-20(27-31-22)16-5-4-10-28(14-16)13-15-8-9-17(24)18(25)11-15/h2-3,6-9,11-12,16H,4-5,10,13-14H2,1H3,(H,26,29)/t16-/m0/s1. The van der Waals surface area contributed by atoms with Crippen molar-refractivity contribution in [3.05, 3.63) is 77.2 Å². The predicted molar refractivity (Wildman–Crippen MR) is 111 cm³/mol. The number of likely N-dealkylation sites (tertiary alicyclic amines) is 1. The third-order valence-electron chi connectivity index (χ3n) is 5.42. The molecule has 6 nitrogen and oxygen atoms in total. The number of nitrogens with zero attached hydrogens (tertiary/aromatic N) is 2. The van der Waals surface area contributed by atoms with E-state index in [1.54, 1.807) is 30.3 Å². The maximum absolute atomic E-state index is 13.5. The van der Waals surface area contributed by atoms with Crippen molar-refractivity contribution in [2.75, 3.05) is 25.5 Å². The number of anilines is 1. The summed E-state index contributed by atoms with van der Waals surface area (Å²) in [6.07, 6.45) is 1.85. The Morgan fingerprint density at radius 2 is 2.06 bits per heavy atom. The number of amides is 1. The normalized spacial score (nSPS) is 16.8. The van der Waals surface area contributed by atoms with Crippen LogP contribution < -0.4 is 10.1 Å². The molecular weight excluding hydrogens is 404 g/mol. The Bertz CT molecular complexity index is 1070. The van der Waals surface area contributed by atoms with Gasteiger partial charge in [-0.3, -0.25) is 9.69 Å². The number of hydrogen-bond acceptors (Lipinski definition) is 5. The summed E-state index contributed by atoms with van der Waals surface area (Å²) in [5.74, 6) is -1.32. The van der Waals surface area contributed by atoms with E-state index in [-0.39, 0.29) is 11.7 Å². The Morgan fingerprint density at radius 1 is 1.23 bits per heavy atom. The average molecular weight is 427 g/mol. The van der Waals surface area contributed by atoms with Gasteiger partial charge in [0, 0.05) is 25.1 Å². The number of hydrogen-bond donors (Lipinski definition) is 1. The van der Waals surface area contributed by atoms with E-state index in [1.807, 2.05) is 6.07 Å². The Morgan fingerprint density at radius 3 is 2.87 bits per heavy atom. The maximum Gasteiger partial charge on any atom is 0.294 e. The van der Waals surface area contributed by atoms with Gasteiger partial charge in [0.1, 0.15) is 5.75 Å². The third kappa shape index (κ3) is 4.91. The van der Waals surface area contributed by atoms with Gasteiger partial charge in [0.05, 0.1) is 18.5 Å². The summed E-state index contributed by atoms with van der Waals surface area (Å²) in [5, 5.41) is 6.88. The van der Waals surface area contributed by atoms with Gasteiger partial charge >= 0.3 is 0 Å². The molecule has 0 unspecified atom stereocenters. The van der Waals surface area contributed by atoms with Crippen molar-refractivity contribution in [3.8, 4) is 5.75 Å². The lowest BCUT2D eigenvalue weighted by atomic mass is 9.94. The summed E-state index contributed by atoms with van der Waals surface area (Å²) >= 11 is 0. The first-order chi connectivity index (χ1) is 15.0. The van der Waals surface area contributed by atoms with Gasteiger partial charge in [0.15, 0.2) is 11.6 Å². The van der Waals surface area contributed by atoms with Gasteiger partial charge in [-0.05, 0) is 49.2 Å². The second kappa shape index (κ2) is 9.26. The Labute approximate surface area is 178 Å². The molecule has 1 aliphatic heterocycles. The van der Waals surface area contributed by atoms with Crippen LogP contribution in [0.1, 0.15) is 40.6 Å². The smallest absolute Gasteiger partial charge is 0.294 e. The molecule has 1 N–H and O–H groups in total. The number of para-hydroxylation sites is 2. The summed E-state index contributed by atoms with van der Waals surface area (Å²) in [5.41, 5.74) is 1.97. The van der Waals surface area contributed by atoms with Gasteiger partial charge < -0.3 is 14.6 Å². The summed E-state index contributed by atoms with van der Waals surface area (Å²) in [6, 6.07) is 12.8. The summed E-state index contributed by atoms with van der Waals surface area (Å²) in [4.78, 5) is 14.7. The number of carbonyl (C=O) groups excluding carboxylic acids is 1. The maximum atomic E-state index is 13.5. The number of carbonyl (C=O) groups is 1. The number of benzene rings is 2. The van der Waals surface area contributed by atoms with E-state index >= 15 is 0 Å². The number of ether oxygens (including phenoxy) is 1. The van der Waals surface area contributed by atoms with Crippen molar-refractivity contribution >= 4 is 11.6 Å². The van der Waals surface area contributed by atoms with Crippen molar-refractivity contribution in [2.45, 2.75) is 25.3 Å². The number of nitrogens with one attached hydrogen (secondary N) is 1. The fraction of sp³-hybridized carbons (Fsp3) is 0.304. The van der Waals surface area contributed by atoms with Crippen LogP contribution in [-0.4, -0.2) is 36.2 Å². The van der Waals surface area contributed by atoms with Gasteiger partial charge in [0.2, 0.25) is 5.76 Å². The van der Waals surface area contributed by atoms with Gasteiger partial charge in [-0.1, -0.05) is 23.4 Å². The minimum atomic E-state index is -0.846. The van der Waals surface area contributed by atoms with Crippen LogP contribution in [0.4, 0.5) is 14.5 Å². The number of piperidine rings is 1. The zero-order chi connectivity index (χ0) is 21.8. The molecule has 1 amide bonds. The van der Waals surface area contributed by atoms with Crippen molar-refractivity contribution in [1.82, 2.24) is 10.1 Å². The Balaban J connectivity index is 1.40. The minimum Gasteiger partial charge on any atom is -0.495 e. The van der Waals surface area contributed by atoms with Crippen LogP contribution >= 0.6 is 0 Å². The van der Waals surface area contributed by atoms with Crippen molar-refractivity contribution in [1.29, 1.82) is 0 Å². The number of aromatic nitrogens is 1. The van der Waals surface area contributed by atoms with Crippen molar-refractivity contribution in [3.63, 3.8) is 0 Å². The van der Waals surface area contributed by atoms with Gasteiger partial charge in [-0.25, -0.2) is 8.78 Å². The highest BCUT2D eigenvalue weighted by Crippen LogP contribution is 2.29. The number of methoxy groups -OCH3 is 1. The average Bonchev–Trinajstić information content (AvgIpc) is 3.27. The van der Waals surface area contributed by atoms with E-state index in [0.29, 0.717) is 30.2 Å². The van der Waals surface area contributed by atoms with Crippen LogP contribution in [0, 0.1) is 11.6 Å². The SMILES string of the molecule is COc1ccccc1NC(=O)c1cc([C@H]2CCCN(Cc3ccc(F)c(F)c3)C2)no1. The number of halogens is 2. The molecule has 0 radical (unpaired) electrons. The quantitative estimate of drug-likeness (QED) is 0.623. The molecule has 162 valence electrons. The van der Waals surface area contributed by atoms with E-state index < -0.39 is 17.5 Å². The zero-order valence-corrected chi connectivity index (χ0v) is 17.1. The first kappa shape index (κ1) is 21.0. The molecule has 1 saturated heterocycles. The van der Waals surface area contributed by atoms with Crippen molar-refractivity contribution < 1.29 is 22.8 Å². The second-order valence-corrected chi connectivity index (χ2v) is 7.59. The lowest BCUT2D eigenvalue weighted by molar-refractivity contribution is 0.0987. The molecule has 4 rings (SSSR count). The molecule has 0 bridgehead atoms. The third-order valence-corrected chi connectivity index (χ3v) is 5.42. The highest BCUT2D eigenvalue weighted by molar-refractivity contribution is 6.03. The van der Waals surface area contributed by atoms with Crippen LogP contribution in [0.25, 0.3) is 0 Å². The molecule has 1 fully saturated rings. The molecule has 2 heterocycles. The van der Waals surface area contributed by atoms with E-state index in [9.17, 15) is 13.6 Å². The fourth-order valence-corrected chi connectivity index (χ4v) is 3.86. The molecule has 0 spiro atoms. The molecule has 1 atom stereocenters. The van der Waals surface area contributed by atoms with Crippen LogP contribution in [-0.2, 0) is 6.54 Å². The molecule has 2 aromatic carbocycles. The molecule has 31 heavy (non-hydrogen) atoms. The predicted octanol–water partition coefficient (Wildman–Crippen LogP) is 4.59. The summed E-state index contributed by atoms with van der Waals surface area (Å²) < 4.78 is 37.2. The number of rotatable bonds is 6. The lowest BCUT2D eigenvalue weighted by Crippen LogP contribution is -2.34. The zero-order valence-electron chi connectivity index (χ0n) is 17.1. The Kier molecular flexibility index (Phi) is 6.27. The summed E-state index contributed by atoms with van der Waals surface area (Å²) in [7, 11) is 1.53. The topological polar surface area (TPSA) is 67.6 Å². The van der Waals surface area contributed by atoms with Gasteiger partial charge in [0.25, 0.3) is 5.91 Å². The highest BCUT2D eigenvalue weighted by Gasteiger charge is 2.26. The van der Waals surface area contributed by atoms with E-state index in [1.165, 1.54) is 13.2 Å². The Hall–Kier alpha value is -3.26. The van der Waals surface area contributed by atoms with E-state index in [4.69, 9.17) is 9.26 Å². The summed E-state index contributed by atoms with van der Waals surface area (Å²) in [6.45, 7) is 2.07. The highest BCUT2D eigenvalue weighted by atomic mass is 19.2. The fourth-order valence-electron chi connectivity index (χ4n) is 3.86. The van der Waals surface area contributed by atoms with Crippen LogP contribution in [0.3, 0.4) is 0 Å².